The number of hydrogen-bond acceptors (Lipinski definition) is 4. The maximum absolute atomic E-state index is 12.5. The van der Waals surface area contributed by atoms with E-state index in [-0.39, 0.29) is 11.7 Å². The number of fused-ring (bicyclic) bond motifs is 1. The maximum Gasteiger partial charge on any atom is 0.169 e. The highest BCUT2D eigenvalue weighted by Crippen LogP contribution is 2.36. The third-order valence-corrected chi connectivity index (χ3v) is 3.95. The van der Waals surface area contributed by atoms with E-state index in [0.29, 0.717) is 41.9 Å². The summed E-state index contributed by atoms with van der Waals surface area (Å²) in [6.45, 7) is 2.41. The van der Waals surface area contributed by atoms with Crippen molar-refractivity contribution in [3.8, 4) is 11.5 Å². The zero-order chi connectivity index (χ0) is 13.9. The lowest BCUT2D eigenvalue weighted by Crippen LogP contribution is -2.25. The van der Waals surface area contributed by atoms with Gasteiger partial charge < -0.3 is 14.2 Å². The van der Waals surface area contributed by atoms with Crippen LogP contribution in [0.5, 0.6) is 11.5 Å². The Morgan fingerprint density at radius 2 is 1.85 bits per heavy atom. The van der Waals surface area contributed by atoms with E-state index in [1.165, 1.54) is 0 Å². The first kappa shape index (κ1) is 13.7. The molecule has 5 heteroatoms. The van der Waals surface area contributed by atoms with Crippen molar-refractivity contribution < 1.29 is 19.0 Å². The van der Waals surface area contributed by atoms with E-state index in [0.717, 1.165) is 25.9 Å². The number of Topliss-reactive ketones (excluding diaryl/α,β-unsaturated/α-hetero) is 1. The zero-order valence-corrected chi connectivity index (χ0v) is 11.9. The maximum atomic E-state index is 12.5. The molecule has 0 amide bonds. The zero-order valence-electron chi connectivity index (χ0n) is 11.2. The van der Waals surface area contributed by atoms with Crippen LogP contribution in [-0.2, 0) is 4.74 Å². The minimum Gasteiger partial charge on any atom is -0.490 e. The number of hydrogen-bond donors (Lipinski definition) is 0. The Labute approximate surface area is 123 Å². The number of ketones is 1. The van der Waals surface area contributed by atoms with E-state index in [1.54, 1.807) is 12.1 Å². The van der Waals surface area contributed by atoms with E-state index in [2.05, 4.69) is 0 Å². The molecule has 0 radical (unpaired) electrons. The van der Waals surface area contributed by atoms with Crippen molar-refractivity contribution in [3.05, 3.63) is 22.7 Å². The lowest BCUT2D eigenvalue weighted by atomic mass is 9.92. The number of ether oxygens (including phenoxy) is 3. The second-order valence-corrected chi connectivity index (χ2v) is 5.51. The molecule has 0 spiro atoms. The van der Waals surface area contributed by atoms with Crippen molar-refractivity contribution in [1.29, 1.82) is 0 Å². The quantitative estimate of drug-likeness (QED) is 0.787. The van der Waals surface area contributed by atoms with Crippen molar-refractivity contribution >= 4 is 17.4 Å². The van der Waals surface area contributed by atoms with Gasteiger partial charge in [0.15, 0.2) is 17.3 Å². The monoisotopic (exact) mass is 296 g/mol. The Kier molecular flexibility index (Phi) is 4.13. The topological polar surface area (TPSA) is 44.8 Å². The normalized spacial score (nSPS) is 22.1. The summed E-state index contributed by atoms with van der Waals surface area (Å²) >= 11 is 6.23. The standard InChI is InChI=1S/C15H17ClO4/c16-12-8-14-13(19-5-2-6-20-14)7-11(12)15(17)10-3-1-4-18-9-10/h7-8,10H,1-6,9H2. The lowest BCUT2D eigenvalue weighted by molar-refractivity contribution is 0.0461. The van der Waals surface area contributed by atoms with Crippen molar-refractivity contribution in [3.63, 3.8) is 0 Å². The van der Waals surface area contributed by atoms with Crippen LogP contribution in [0.15, 0.2) is 12.1 Å². The first-order valence-corrected chi connectivity index (χ1v) is 7.34. The molecule has 1 saturated heterocycles. The van der Waals surface area contributed by atoms with Crippen LogP contribution in [0.4, 0.5) is 0 Å². The van der Waals surface area contributed by atoms with Gasteiger partial charge in [-0.05, 0) is 18.9 Å². The summed E-state index contributed by atoms with van der Waals surface area (Å²) in [5.74, 6) is 1.15. The van der Waals surface area contributed by atoms with Crippen LogP contribution in [0.25, 0.3) is 0 Å². The van der Waals surface area contributed by atoms with Crippen LogP contribution < -0.4 is 9.47 Å². The molecule has 1 aromatic rings. The first-order valence-electron chi connectivity index (χ1n) is 6.97. The number of rotatable bonds is 2. The van der Waals surface area contributed by atoms with Gasteiger partial charge in [-0.25, -0.2) is 0 Å². The van der Waals surface area contributed by atoms with Gasteiger partial charge in [-0.15, -0.1) is 0 Å². The average Bonchev–Trinajstić information content (AvgIpc) is 2.71. The Morgan fingerprint density at radius 1 is 1.10 bits per heavy atom. The predicted molar refractivity (Wildman–Crippen MR) is 74.9 cm³/mol. The number of carbonyl (C=O) groups is 1. The molecule has 3 rings (SSSR count). The van der Waals surface area contributed by atoms with Crippen LogP contribution in [0.1, 0.15) is 29.6 Å². The van der Waals surface area contributed by atoms with Gasteiger partial charge in [0.05, 0.1) is 24.8 Å². The van der Waals surface area contributed by atoms with Gasteiger partial charge in [0.2, 0.25) is 0 Å². The van der Waals surface area contributed by atoms with Gasteiger partial charge in [-0.3, -0.25) is 4.79 Å². The molecular weight excluding hydrogens is 280 g/mol. The highest BCUT2D eigenvalue weighted by atomic mass is 35.5. The van der Waals surface area contributed by atoms with E-state index in [4.69, 9.17) is 25.8 Å². The fourth-order valence-corrected chi connectivity index (χ4v) is 2.79. The van der Waals surface area contributed by atoms with Gasteiger partial charge in [-0.2, -0.15) is 0 Å². The largest absolute Gasteiger partial charge is 0.490 e. The molecule has 0 aliphatic carbocycles. The number of halogens is 1. The third kappa shape index (κ3) is 2.76. The molecule has 2 heterocycles. The summed E-state index contributed by atoms with van der Waals surface area (Å²) in [5, 5.41) is 0.421. The molecule has 2 aliphatic heterocycles. The molecule has 0 N–H and O–H groups in total. The molecule has 0 aromatic heterocycles. The van der Waals surface area contributed by atoms with Crippen molar-refractivity contribution in [1.82, 2.24) is 0 Å². The van der Waals surface area contributed by atoms with Crippen molar-refractivity contribution in [2.45, 2.75) is 19.3 Å². The van der Waals surface area contributed by atoms with Gasteiger partial charge in [-0.1, -0.05) is 11.6 Å². The molecule has 20 heavy (non-hydrogen) atoms. The number of benzene rings is 1. The Hall–Kier alpha value is -1.26. The van der Waals surface area contributed by atoms with Gasteiger partial charge in [0.25, 0.3) is 0 Å². The molecule has 4 nitrogen and oxygen atoms in total. The molecule has 1 unspecified atom stereocenters. The van der Waals surface area contributed by atoms with Gasteiger partial charge >= 0.3 is 0 Å². The minimum atomic E-state index is -0.106. The molecule has 108 valence electrons. The van der Waals surface area contributed by atoms with Crippen molar-refractivity contribution in [2.75, 3.05) is 26.4 Å². The summed E-state index contributed by atoms with van der Waals surface area (Å²) in [5.41, 5.74) is 0.506. The fourth-order valence-electron chi connectivity index (χ4n) is 2.54. The summed E-state index contributed by atoms with van der Waals surface area (Å²) in [7, 11) is 0. The highest BCUT2D eigenvalue weighted by molar-refractivity contribution is 6.34. The van der Waals surface area contributed by atoms with E-state index in [9.17, 15) is 4.79 Å². The van der Waals surface area contributed by atoms with E-state index in [1.807, 2.05) is 0 Å². The predicted octanol–water partition coefficient (Wildman–Crippen LogP) is 3.11. The lowest BCUT2D eigenvalue weighted by Gasteiger charge is -2.21. The Bertz CT molecular complexity index is 509. The summed E-state index contributed by atoms with van der Waals surface area (Å²) in [6.07, 6.45) is 2.59. The smallest absolute Gasteiger partial charge is 0.169 e. The SMILES string of the molecule is O=C(c1cc2c(cc1Cl)OCCCO2)C1CCCOC1. The highest BCUT2D eigenvalue weighted by Gasteiger charge is 2.26. The molecule has 2 aliphatic rings. The second-order valence-electron chi connectivity index (χ2n) is 5.11. The molecule has 1 atom stereocenters. The van der Waals surface area contributed by atoms with Crippen LogP contribution in [0.3, 0.4) is 0 Å². The fraction of sp³-hybridized carbons (Fsp3) is 0.533. The number of carbonyl (C=O) groups excluding carboxylic acids is 1. The Morgan fingerprint density at radius 3 is 2.55 bits per heavy atom. The average molecular weight is 297 g/mol. The van der Waals surface area contributed by atoms with Crippen LogP contribution >= 0.6 is 11.6 Å². The van der Waals surface area contributed by atoms with E-state index >= 15 is 0 Å². The van der Waals surface area contributed by atoms with Crippen LogP contribution in [-0.4, -0.2) is 32.2 Å². The molecule has 1 fully saturated rings. The van der Waals surface area contributed by atoms with Gasteiger partial charge in [0, 0.05) is 30.6 Å². The van der Waals surface area contributed by atoms with Gasteiger partial charge in [0.1, 0.15) is 0 Å². The summed E-state index contributed by atoms with van der Waals surface area (Å²) in [4.78, 5) is 12.5. The molecule has 0 bridgehead atoms. The summed E-state index contributed by atoms with van der Waals surface area (Å²) in [6, 6.07) is 3.39. The molecular formula is C15H17ClO4. The van der Waals surface area contributed by atoms with Crippen LogP contribution in [0, 0.1) is 5.92 Å². The molecule has 1 aromatic carbocycles. The minimum absolute atomic E-state index is 0.0327. The van der Waals surface area contributed by atoms with Crippen molar-refractivity contribution in [2.24, 2.45) is 5.92 Å². The van der Waals surface area contributed by atoms with Crippen LogP contribution in [0.2, 0.25) is 5.02 Å². The second kappa shape index (κ2) is 6.02. The molecule has 0 saturated carbocycles. The third-order valence-electron chi connectivity index (χ3n) is 3.63. The Balaban J connectivity index is 1.88. The van der Waals surface area contributed by atoms with E-state index < -0.39 is 0 Å². The first-order chi connectivity index (χ1) is 9.75. The summed E-state index contributed by atoms with van der Waals surface area (Å²) < 4.78 is 16.6.